The molecule has 0 aliphatic rings. The van der Waals surface area contributed by atoms with Crippen molar-refractivity contribution < 1.29 is 13.2 Å². The van der Waals surface area contributed by atoms with Crippen molar-refractivity contribution >= 4 is 65.9 Å². The Morgan fingerprint density at radius 1 is 1.03 bits per heavy atom. The van der Waals surface area contributed by atoms with Gasteiger partial charge in [-0.15, -0.1) is 0 Å². The molecule has 0 unspecified atom stereocenters. The summed E-state index contributed by atoms with van der Waals surface area (Å²) in [6, 6.07) is 22.5. The Kier molecular flexibility index (Phi) is 7.84. The molecular formula is C22H19BrIN3O3S. The lowest BCUT2D eigenvalue weighted by molar-refractivity contribution is -0.119. The maximum Gasteiger partial charge on any atom is 0.264 e. The van der Waals surface area contributed by atoms with E-state index in [1.807, 2.05) is 24.3 Å². The molecule has 3 rings (SSSR count). The van der Waals surface area contributed by atoms with Gasteiger partial charge in [0.15, 0.2) is 0 Å². The summed E-state index contributed by atoms with van der Waals surface area (Å²) in [5.74, 6) is -0.551. The molecule has 9 heteroatoms. The second-order valence-electron chi connectivity index (χ2n) is 6.55. The smallest absolute Gasteiger partial charge is 0.264 e. The zero-order valence-corrected chi connectivity index (χ0v) is 21.1. The Balaban J connectivity index is 1.87. The highest BCUT2D eigenvalue weighted by Crippen LogP contribution is 2.26. The van der Waals surface area contributed by atoms with Crippen LogP contribution in [0.25, 0.3) is 0 Å². The van der Waals surface area contributed by atoms with Gasteiger partial charge in [-0.3, -0.25) is 9.10 Å². The minimum atomic E-state index is -3.96. The first-order valence-electron chi connectivity index (χ1n) is 9.20. The number of amides is 1. The molecule has 6 nitrogen and oxygen atoms in total. The zero-order valence-electron chi connectivity index (χ0n) is 16.5. The molecule has 3 aromatic carbocycles. The van der Waals surface area contributed by atoms with Gasteiger partial charge in [0.05, 0.1) is 16.3 Å². The van der Waals surface area contributed by atoms with Crippen LogP contribution in [0.3, 0.4) is 0 Å². The highest BCUT2D eigenvalue weighted by atomic mass is 127. The SMILES string of the molecule is C/C(=N/NC(=O)CN(c1cccc(Br)c1)S(=O)(=O)c1ccccc1)c1cccc(I)c1. The Bertz CT molecular complexity index is 1220. The molecule has 0 saturated carbocycles. The fourth-order valence-electron chi connectivity index (χ4n) is 2.76. The van der Waals surface area contributed by atoms with Gasteiger partial charge in [0.1, 0.15) is 6.54 Å². The third kappa shape index (κ3) is 6.14. The van der Waals surface area contributed by atoms with Crippen LogP contribution in [0.2, 0.25) is 0 Å². The Hall–Kier alpha value is -2.24. The van der Waals surface area contributed by atoms with E-state index in [9.17, 15) is 13.2 Å². The largest absolute Gasteiger partial charge is 0.271 e. The third-order valence-corrected chi connectivity index (χ3v) is 7.26. The van der Waals surface area contributed by atoms with Crippen molar-refractivity contribution in [2.75, 3.05) is 10.8 Å². The molecule has 0 fully saturated rings. The summed E-state index contributed by atoms with van der Waals surface area (Å²) in [5.41, 5.74) is 4.32. The van der Waals surface area contributed by atoms with Crippen molar-refractivity contribution in [1.82, 2.24) is 5.43 Å². The molecule has 0 bridgehead atoms. The van der Waals surface area contributed by atoms with E-state index in [1.165, 1.54) is 12.1 Å². The van der Waals surface area contributed by atoms with Gasteiger partial charge in [0.25, 0.3) is 15.9 Å². The number of hydrogen-bond donors (Lipinski definition) is 1. The van der Waals surface area contributed by atoms with Gasteiger partial charge in [-0.2, -0.15) is 5.10 Å². The molecule has 0 aromatic heterocycles. The highest BCUT2D eigenvalue weighted by molar-refractivity contribution is 14.1. The van der Waals surface area contributed by atoms with Crippen molar-refractivity contribution in [2.24, 2.45) is 5.10 Å². The molecule has 0 spiro atoms. The summed E-state index contributed by atoms with van der Waals surface area (Å²) in [7, 11) is -3.96. The van der Waals surface area contributed by atoms with Crippen molar-refractivity contribution in [2.45, 2.75) is 11.8 Å². The Morgan fingerprint density at radius 2 is 1.74 bits per heavy atom. The Morgan fingerprint density at radius 3 is 2.42 bits per heavy atom. The normalized spacial score (nSPS) is 11.8. The second-order valence-corrected chi connectivity index (χ2v) is 10.6. The zero-order chi connectivity index (χ0) is 22.4. The fourth-order valence-corrected chi connectivity index (χ4v) is 5.12. The molecule has 0 saturated heterocycles. The van der Waals surface area contributed by atoms with Crippen LogP contribution < -0.4 is 9.73 Å². The van der Waals surface area contributed by atoms with E-state index < -0.39 is 22.5 Å². The summed E-state index contributed by atoms with van der Waals surface area (Å²) in [4.78, 5) is 12.8. The summed E-state index contributed by atoms with van der Waals surface area (Å²) in [6.45, 7) is 1.36. The summed E-state index contributed by atoms with van der Waals surface area (Å²) in [6.07, 6.45) is 0. The maximum absolute atomic E-state index is 13.3. The van der Waals surface area contributed by atoms with Crippen LogP contribution >= 0.6 is 38.5 Å². The van der Waals surface area contributed by atoms with Crippen LogP contribution in [0.1, 0.15) is 12.5 Å². The van der Waals surface area contributed by atoms with Crippen molar-refractivity contribution in [3.8, 4) is 0 Å². The van der Waals surface area contributed by atoms with Gasteiger partial charge in [-0.05, 0) is 77.5 Å². The number of nitrogens with zero attached hydrogens (tertiary/aromatic N) is 2. The quantitative estimate of drug-likeness (QED) is 0.237. The lowest BCUT2D eigenvalue weighted by Crippen LogP contribution is -2.39. The van der Waals surface area contributed by atoms with E-state index in [0.717, 1.165) is 13.4 Å². The van der Waals surface area contributed by atoms with Crippen LogP contribution in [-0.4, -0.2) is 26.6 Å². The summed E-state index contributed by atoms with van der Waals surface area (Å²) in [5, 5.41) is 4.14. The van der Waals surface area contributed by atoms with Gasteiger partial charge in [-0.1, -0.05) is 52.3 Å². The van der Waals surface area contributed by atoms with Gasteiger partial charge < -0.3 is 0 Å². The lowest BCUT2D eigenvalue weighted by Gasteiger charge is -2.24. The van der Waals surface area contributed by atoms with E-state index >= 15 is 0 Å². The van der Waals surface area contributed by atoms with Crippen molar-refractivity contribution in [1.29, 1.82) is 0 Å². The number of hydrazone groups is 1. The topological polar surface area (TPSA) is 78.8 Å². The first-order valence-corrected chi connectivity index (χ1v) is 12.5. The number of carbonyl (C=O) groups is 1. The summed E-state index contributed by atoms with van der Waals surface area (Å²) >= 11 is 5.56. The van der Waals surface area contributed by atoms with Gasteiger partial charge in [0.2, 0.25) is 0 Å². The van der Waals surface area contributed by atoms with Crippen LogP contribution in [0.4, 0.5) is 5.69 Å². The predicted molar refractivity (Wildman–Crippen MR) is 135 cm³/mol. The molecule has 1 N–H and O–H groups in total. The van der Waals surface area contributed by atoms with Crippen molar-refractivity contribution in [3.63, 3.8) is 0 Å². The molecule has 0 atom stereocenters. The highest BCUT2D eigenvalue weighted by Gasteiger charge is 2.27. The van der Waals surface area contributed by atoms with Crippen LogP contribution in [0.15, 0.2) is 93.3 Å². The number of nitrogens with one attached hydrogen (secondary N) is 1. The van der Waals surface area contributed by atoms with Crippen molar-refractivity contribution in [3.05, 3.63) is 92.5 Å². The average molecular weight is 612 g/mol. The van der Waals surface area contributed by atoms with E-state index in [0.29, 0.717) is 15.9 Å². The number of benzene rings is 3. The first kappa shape index (κ1) is 23.4. The Labute approximate surface area is 203 Å². The van der Waals surface area contributed by atoms with E-state index in [2.05, 4.69) is 49.0 Å². The average Bonchev–Trinajstić information content (AvgIpc) is 2.76. The van der Waals surface area contributed by atoms with E-state index in [-0.39, 0.29) is 4.90 Å². The van der Waals surface area contributed by atoms with Gasteiger partial charge in [-0.25, -0.2) is 13.8 Å². The van der Waals surface area contributed by atoms with Crippen LogP contribution in [-0.2, 0) is 14.8 Å². The number of hydrogen-bond acceptors (Lipinski definition) is 4. The molecule has 0 aliphatic carbocycles. The minimum Gasteiger partial charge on any atom is -0.271 e. The third-order valence-electron chi connectivity index (χ3n) is 4.31. The fraction of sp³-hybridized carbons (Fsp3) is 0.0909. The summed E-state index contributed by atoms with van der Waals surface area (Å²) < 4.78 is 29.4. The molecule has 0 heterocycles. The first-order chi connectivity index (χ1) is 14.8. The predicted octanol–water partition coefficient (Wildman–Crippen LogP) is 4.79. The lowest BCUT2D eigenvalue weighted by atomic mass is 10.1. The van der Waals surface area contributed by atoms with E-state index in [4.69, 9.17) is 0 Å². The molecular weight excluding hydrogens is 593 g/mol. The number of anilines is 1. The maximum atomic E-state index is 13.3. The van der Waals surface area contributed by atoms with Gasteiger partial charge >= 0.3 is 0 Å². The number of rotatable bonds is 7. The van der Waals surface area contributed by atoms with Crippen LogP contribution in [0, 0.1) is 3.57 Å². The number of halogens is 2. The second kappa shape index (κ2) is 10.4. The minimum absolute atomic E-state index is 0.0984. The van der Waals surface area contributed by atoms with Crippen LogP contribution in [0.5, 0.6) is 0 Å². The number of sulfonamides is 1. The molecule has 160 valence electrons. The van der Waals surface area contributed by atoms with E-state index in [1.54, 1.807) is 49.4 Å². The molecule has 31 heavy (non-hydrogen) atoms. The molecule has 3 aromatic rings. The standard InChI is InChI=1S/C22H19BrIN3O3S/c1-16(17-7-5-9-19(24)13-17)25-26-22(28)15-27(20-10-6-8-18(23)14-20)31(29,30)21-11-3-2-4-12-21/h2-14H,15H2,1H3,(H,26,28)/b25-16-. The molecule has 1 amide bonds. The molecule has 0 radical (unpaired) electrons. The van der Waals surface area contributed by atoms with Gasteiger partial charge in [0, 0.05) is 8.04 Å². The number of carbonyl (C=O) groups excluding carboxylic acids is 1. The monoisotopic (exact) mass is 611 g/mol. The molecule has 0 aliphatic heterocycles.